The van der Waals surface area contributed by atoms with Crippen LogP contribution < -0.4 is 0 Å². The van der Waals surface area contributed by atoms with Crippen LogP contribution in [0.4, 0.5) is 0 Å². The van der Waals surface area contributed by atoms with Crippen molar-refractivity contribution in [2.45, 2.75) is 25.7 Å². The average molecular weight is 338 g/mol. The zero-order valence-corrected chi connectivity index (χ0v) is 13.9. The molecule has 1 aliphatic heterocycles. The van der Waals surface area contributed by atoms with Crippen molar-refractivity contribution in [2.24, 2.45) is 0 Å². The van der Waals surface area contributed by atoms with Gasteiger partial charge in [-0.3, -0.25) is 9.36 Å². The molecule has 1 fully saturated rings. The van der Waals surface area contributed by atoms with Crippen LogP contribution in [0.3, 0.4) is 0 Å². The molecular formula is C17H18N6O2. The summed E-state index contributed by atoms with van der Waals surface area (Å²) in [6.45, 7) is 3.11. The zero-order valence-electron chi connectivity index (χ0n) is 13.9. The van der Waals surface area contributed by atoms with Gasteiger partial charge in [0.2, 0.25) is 5.89 Å². The summed E-state index contributed by atoms with van der Waals surface area (Å²) in [6.07, 6.45) is 8.64. The summed E-state index contributed by atoms with van der Waals surface area (Å²) in [5.74, 6) is 1.99. The number of piperidine rings is 1. The second-order valence-corrected chi connectivity index (χ2v) is 6.14. The fourth-order valence-electron chi connectivity index (χ4n) is 3.11. The number of aryl methyl sites for hydroxylation is 1. The van der Waals surface area contributed by atoms with Crippen LogP contribution in [0.2, 0.25) is 0 Å². The number of carbonyl (C=O) groups is 1. The molecular weight excluding hydrogens is 320 g/mol. The number of hydrogen-bond acceptors (Lipinski definition) is 6. The Kier molecular flexibility index (Phi) is 4.01. The number of imidazole rings is 1. The van der Waals surface area contributed by atoms with Gasteiger partial charge in [0, 0.05) is 37.2 Å². The normalized spacial score (nSPS) is 17.6. The first-order valence-corrected chi connectivity index (χ1v) is 8.24. The van der Waals surface area contributed by atoms with Crippen molar-refractivity contribution >= 4 is 5.91 Å². The standard InChI is InChI=1S/C17H18N6O2/c1-12-20-16(25-21-12)14-3-2-7-22(10-14)17(24)13-4-5-19-15(9-13)23-8-6-18-11-23/h4-6,8-9,11,14H,2-3,7,10H2,1H3/t14-/m0/s1. The molecule has 3 aromatic rings. The molecule has 1 aliphatic rings. The van der Waals surface area contributed by atoms with Crippen LogP contribution >= 0.6 is 0 Å². The van der Waals surface area contributed by atoms with Crippen molar-refractivity contribution in [3.05, 3.63) is 54.3 Å². The van der Waals surface area contributed by atoms with E-state index in [1.165, 1.54) is 0 Å². The summed E-state index contributed by atoms with van der Waals surface area (Å²) in [5, 5.41) is 3.85. The minimum absolute atomic E-state index is 0.00953. The van der Waals surface area contributed by atoms with Gasteiger partial charge in [0.1, 0.15) is 12.1 Å². The molecule has 0 saturated carbocycles. The van der Waals surface area contributed by atoms with Crippen LogP contribution in [0.5, 0.6) is 0 Å². The number of amides is 1. The molecule has 1 amide bonds. The largest absolute Gasteiger partial charge is 0.339 e. The van der Waals surface area contributed by atoms with Crippen molar-refractivity contribution in [2.75, 3.05) is 13.1 Å². The molecule has 128 valence electrons. The number of hydrogen-bond donors (Lipinski definition) is 0. The summed E-state index contributed by atoms with van der Waals surface area (Å²) in [5.41, 5.74) is 0.612. The minimum atomic E-state index is -0.00953. The quantitative estimate of drug-likeness (QED) is 0.725. The van der Waals surface area contributed by atoms with Crippen LogP contribution in [0.15, 0.2) is 41.6 Å². The summed E-state index contributed by atoms with van der Waals surface area (Å²) in [6, 6.07) is 3.52. The van der Waals surface area contributed by atoms with Gasteiger partial charge in [0.25, 0.3) is 5.91 Å². The third-order valence-electron chi connectivity index (χ3n) is 4.36. The summed E-state index contributed by atoms with van der Waals surface area (Å²) >= 11 is 0. The number of rotatable bonds is 3. The van der Waals surface area contributed by atoms with E-state index in [0.717, 1.165) is 19.4 Å². The SMILES string of the molecule is Cc1noc([C@H]2CCCN(C(=O)c3ccnc(-n4ccnc4)c3)C2)n1. The van der Waals surface area contributed by atoms with Crippen LogP contribution in [-0.4, -0.2) is 48.6 Å². The number of nitrogens with zero attached hydrogens (tertiary/aromatic N) is 6. The second kappa shape index (κ2) is 6.46. The monoisotopic (exact) mass is 338 g/mol. The van der Waals surface area contributed by atoms with Gasteiger partial charge in [-0.25, -0.2) is 9.97 Å². The third kappa shape index (κ3) is 3.15. The molecule has 1 atom stereocenters. The number of aromatic nitrogens is 5. The van der Waals surface area contributed by atoms with E-state index in [-0.39, 0.29) is 11.8 Å². The Labute approximate surface area is 144 Å². The lowest BCUT2D eigenvalue weighted by atomic mass is 9.97. The molecule has 0 N–H and O–H groups in total. The smallest absolute Gasteiger partial charge is 0.254 e. The van der Waals surface area contributed by atoms with E-state index in [1.807, 2.05) is 4.90 Å². The maximum absolute atomic E-state index is 12.9. The van der Waals surface area contributed by atoms with E-state index >= 15 is 0 Å². The Morgan fingerprint density at radius 2 is 2.28 bits per heavy atom. The summed E-state index contributed by atoms with van der Waals surface area (Å²) < 4.78 is 7.06. The lowest BCUT2D eigenvalue weighted by Gasteiger charge is -2.31. The highest BCUT2D eigenvalue weighted by atomic mass is 16.5. The van der Waals surface area contributed by atoms with Gasteiger partial charge in [-0.2, -0.15) is 4.98 Å². The van der Waals surface area contributed by atoms with Crippen molar-refractivity contribution in [3.63, 3.8) is 0 Å². The zero-order chi connectivity index (χ0) is 17.2. The molecule has 8 nitrogen and oxygen atoms in total. The molecule has 1 saturated heterocycles. The average Bonchev–Trinajstić information content (AvgIpc) is 3.33. The molecule has 0 aromatic carbocycles. The highest BCUT2D eigenvalue weighted by molar-refractivity contribution is 5.94. The topological polar surface area (TPSA) is 89.9 Å². The highest BCUT2D eigenvalue weighted by Gasteiger charge is 2.29. The second-order valence-electron chi connectivity index (χ2n) is 6.14. The first kappa shape index (κ1) is 15.5. The van der Waals surface area contributed by atoms with E-state index < -0.39 is 0 Å². The molecule has 0 unspecified atom stereocenters. The molecule has 3 aromatic heterocycles. The lowest BCUT2D eigenvalue weighted by molar-refractivity contribution is 0.0695. The molecule has 4 rings (SSSR count). The fourth-order valence-corrected chi connectivity index (χ4v) is 3.11. The van der Waals surface area contributed by atoms with Crippen molar-refractivity contribution in [3.8, 4) is 5.82 Å². The van der Waals surface area contributed by atoms with Crippen LogP contribution in [-0.2, 0) is 0 Å². The van der Waals surface area contributed by atoms with Crippen molar-refractivity contribution in [1.82, 2.24) is 29.6 Å². The Bertz CT molecular complexity index is 873. The van der Waals surface area contributed by atoms with Crippen LogP contribution in [0.25, 0.3) is 5.82 Å². The summed E-state index contributed by atoms with van der Waals surface area (Å²) in [7, 11) is 0. The predicted octanol–water partition coefficient (Wildman–Crippen LogP) is 1.98. The van der Waals surface area contributed by atoms with E-state index in [1.54, 1.807) is 48.5 Å². The van der Waals surface area contributed by atoms with Crippen molar-refractivity contribution in [1.29, 1.82) is 0 Å². The number of pyridine rings is 1. The first-order valence-electron chi connectivity index (χ1n) is 8.24. The van der Waals surface area contributed by atoms with Crippen LogP contribution in [0, 0.1) is 6.92 Å². The lowest BCUT2D eigenvalue weighted by Crippen LogP contribution is -2.39. The molecule has 8 heteroatoms. The van der Waals surface area contributed by atoms with E-state index in [0.29, 0.717) is 29.6 Å². The van der Waals surface area contributed by atoms with Crippen molar-refractivity contribution < 1.29 is 9.32 Å². The maximum atomic E-state index is 12.9. The van der Waals surface area contributed by atoms with E-state index in [2.05, 4.69) is 20.1 Å². The molecule has 25 heavy (non-hydrogen) atoms. The molecule has 0 radical (unpaired) electrons. The highest BCUT2D eigenvalue weighted by Crippen LogP contribution is 2.26. The molecule has 0 bridgehead atoms. The van der Waals surface area contributed by atoms with E-state index in [9.17, 15) is 4.79 Å². The molecule has 0 aliphatic carbocycles. The van der Waals surface area contributed by atoms with Gasteiger partial charge in [0.15, 0.2) is 5.82 Å². The molecule has 4 heterocycles. The number of carbonyl (C=O) groups excluding carboxylic acids is 1. The van der Waals surface area contributed by atoms with Gasteiger partial charge in [0.05, 0.1) is 5.92 Å². The Morgan fingerprint density at radius 1 is 1.36 bits per heavy atom. The van der Waals surface area contributed by atoms with Gasteiger partial charge in [-0.05, 0) is 31.9 Å². The minimum Gasteiger partial charge on any atom is -0.339 e. The van der Waals surface area contributed by atoms with Gasteiger partial charge < -0.3 is 9.42 Å². The Hall–Kier alpha value is -3.03. The maximum Gasteiger partial charge on any atom is 0.254 e. The van der Waals surface area contributed by atoms with Gasteiger partial charge >= 0.3 is 0 Å². The predicted molar refractivity (Wildman–Crippen MR) is 88.3 cm³/mol. The van der Waals surface area contributed by atoms with Crippen LogP contribution in [0.1, 0.15) is 40.8 Å². The fraction of sp³-hybridized carbons (Fsp3) is 0.353. The summed E-state index contributed by atoms with van der Waals surface area (Å²) in [4.78, 5) is 27.4. The van der Waals surface area contributed by atoms with Gasteiger partial charge in [-0.15, -0.1) is 0 Å². The Balaban J connectivity index is 1.53. The first-order chi connectivity index (χ1) is 12.2. The third-order valence-corrected chi connectivity index (χ3v) is 4.36. The van der Waals surface area contributed by atoms with Gasteiger partial charge in [-0.1, -0.05) is 5.16 Å². The Morgan fingerprint density at radius 3 is 3.04 bits per heavy atom. The van der Waals surface area contributed by atoms with E-state index in [4.69, 9.17) is 4.52 Å². The molecule has 0 spiro atoms. The number of likely N-dealkylation sites (tertiary alicyclic amines) is 1.